The van der Waals surface area contributed by atoms with Crippen molar-refractivity contribution in [2.45, 2.75) is 12.1 Å². The molecule has 0 radical (unpaired) electrons. The number of nitrogens with zero attached hydrogens (tertiary/aromatic N) is 3. The molecule has 0 aliphatic carbocycles. The van der Waals surface area contributed by atoms with Gasteiger partial charge in [0.1, 0.15) is 17.5 Å². The number of amides is 3. The summed E-state index contributed by atoms with van der Waals surface area (Å²) in [5.74, 6) is -2.63. The van der Waals surface area contributed by atoms with E-state index in [9.17, 15) is 24.5 Å². The molecule has 3 aliphatic heterocycles. The zero-order valence-electron chi connectivity index (χ0n) is 21.5. The van der Waals surface area contributed by atoms with Crippen LogP contribution in [0.1, 0.15) is 5.56 Å². The van der Waals surface area contributed by atoms with E-state index in [0.29, 0.717) is 17.2 Å². The number of nitrogens with one attached hydrogen (secondary N) is 1. The number of hydrogen-bond donors (Lipinski definition) is 1. The Labute approximate surface area is 228 Å². The maximum absolute atomic E-state index is 14.1. The molecule has 11 nitrogen and oxygen atoms in total. The van der Waals surface area contributed by atoms with Gasteiger partial charge in [0.2, 0.25) is 17.7 Å². The minimum atomic E-state index is -1.06. The second kappa shape index (κ2) is 9.53. The Morgan fingerprint density at radius 1 is 0.950 bits per heavy atom. The van der Waals surface area contributed by atoms with Crippen molar-refractivity contribution in [1.29, 1.82) is 0 Å². The largest absolute Gasteiger partial charge is 0.497 e. The van der Waals surface area contributed by atoms with Gasteiger partial charge in [-0.1, -0.05) is 36.4 Å². The van der Waals surface area contributed by atoms with E-state index in [2.05, 4.69) is 5.32 Å². The summed E-state index contributed by atoms with van der Waals surface area (Å²) in [6.07, 6.45) is 3.72. The highest BCUT2D eigenvalue weighted by atomic mass is 16.6. The third-order valence-corrected chi connectivity index (χ3v) is 7.65. The van der Waals surface area contributed by atoms with Crippen LogP contribution in [-0.4, -0.2) is 48.9 Å². The summed E-state index contributed by atoms with van der Waals surface area (Å²) < 4.78 is 10.7. The minimum Gasteiger partial charge on any atom is -0.497 e. The normalized spacial score (nSPS) is 22.4. The molecule has 2 saturated heterocycles. The number of rotatable bonds is 6. The second-order valence-electron chi connectivity index (χ2n) is 9.66. The summed E-state index contributed by atoms with van der Waals surface area (Å²) in [5.41, 5.74) is 1.78. The number of imide groups is 1. The quantitative estimate of drug-likeness (QED) is 0.285. The molecule has 2 fully saturated rings. The molecule has 1 N–H and O–H groups in total. The average molecular weight is 541 g/mol. The van der Waals surface area contributed by atoms with Crippen LogP contribution in [0.3, 0.4) is 0 Å². The second-order valence-corrected chi connectivity index (χ2v) is 9.66. The lowest BCUT2D eigenvalue weighted by Gasteiger charge is -2.36. The van der Waals surface area contributed by atoms with Crippen molar-refractivity contribution in [2.24, 2.45) is 11.8 Å². The number of nitro groups is 1. The monoisotopic (exact) mass is 540 g/mol. The fourth-order valence-corrected chi connectivity index (χ4v) is 5.93. The smallest absolute Gasteiger partial charge is 0.271 e. The van der Waals surface area contributed by atoms with Gasteiger partial charge in [-0.3, -0.25) is 24.5 Å². The zero-order chi connectivity index (χ0) is 28.1. The number of ether oxygens (including phenoxy) is 2. The summed E-state index contributed by atoms with van der Waals surface area (Å²) in [6.45, 7) is 0. The average Bonchev–Trinajstić information content (AvgIpc) is 3.45. The molecule has 0 aromatic heterocycles. The highest BCUT2D eigenvalue weighted by molar-refractivity contribution is 6.25. The summed E-state index contributed by atoms with van der Waals surface area (Å²) in [4.78, 5) is 55.5. The molecule has 0 unspecified atom stereocenters. The molecule has 3 amide bonds. The molecular formula is C29H24N4O7. The van der Waals surface area contributed by atoms with Crippen molar-refractivity contribution >= 4 is 46.5 Å². The number of nitro benzene ring substituents is 1. The van der Waals surface area contributed by atoms with Crippen molar-refractivity contribution in [2.75, 3.05) is 29.3 Å². The molecule has 0 saturated carbocycles. The number of carbonyl (C=O) groups excluding carboxylic acids is 3. The summed E-state index contributed by atoms with van der Waals surface area (Å²) in [7, 11) is 2.97. The standard InChI is InChI=1S/C29H24N4O7/c1-39-19-11-13-23(40-2)20(15-19)30-27(34)26-25-24(22-12-10-16-6-3-4-9-21(16)32(22)26)28(35)31(29(25)36)17-7-5-8-18(14-17)33(37)38/h3-15,22,24-26H,1-2H3,(H,30,34)/t22-,24-,25+,26-/m1/s1. The van der Waals surface area contributed by atoms with Gasteiger partial charge in [0, 0.05) is 23.9 Å². The Morgan fingerprint density at radius 3 is 2.48 bits per heavy atom. The van der Waals surface area contributed by atoms with Crippen LogP contribution >= 0.6 is 0 Å². The van der Waals surface area contributed by atoms with Gasteiger partial charge in [0.15, 0.2) is 0 Å². The van der Waals surface area contributed by atoms with Gasteiger partial charge in [-0.05, 0) is 29.8 Å². The first kappa shape index (κ1) is 25.1. The van der Waals surface area contributed by atoms with E-state index < -0.39 is 46.6 Å². The SMILES string of the molecule is COc1ccc(OC)c(NC(=O)[C@H]2[C@H]3C(=O)N(c4cccc([N+](=O)[O-])c4)C(=O)[C@@H]3[C@H]3C=Cc4ccccc4N32)c1. The van der Waals surface area contributed by atoms with E-state index in [1.54, 1.807) is 18.2 Å². The number of non-ortho nitro benzene ring substituents is 1. The molecular weight excluding hydrogens is 516 g/mol. The van der Waals surface area contributed by atoms with Crippen LogP contribution in [0.4, 0.5) is 22.7 Å². The van der Waals surface area contributed by atoms with E-state index in [-0.39, 0.29) is 11.4 Å². The Balaban J connectivity index is 1.44. The fraction of sp³-hybridized carbons (Fsp3) is 0.207. The molecule has 4 atom stereocenters. The highest BCUT2D eigenvalue weighted by Crippen LogP contribution is 2.49. The Kier molecular flexibility index (Phi) is 5.98. The number of anilines is 3. The Hall–Kier alpha value is -5.19. The van der Waals surface area contributed by atoms with E-state index in [1.807, 2.05) is 41.3 Å². The molecule has 40 heavy (non-hydrogen) atoms. The lowest BCUT2D eigenvalue weighted by Crippen LogP contribution is -2.50. The van der Waals surface area contributed by atoms with Crippen molar-refractivity contribution < 1.29 is 28.8 Å². The Bertz CT molecular complexity index is 1600. The number of para-hydroxylation sites is 1. The first-order chi connectivity index (χ1) is 19.3. The zero-order valence-corrected chi connectivity index (χ0v) is 21.5. The molecule has 0 spiro atoms. The van der Waals surface area contributed by atoms with Crippen LogP contribution in [0.2, 0.25) is 0 Å². The van der Waals surface area contributed by atoms with Gasteiger partial charge in [0.25, 0.3) is 5.69 Å². The molecule has 3 aromatic rings. The predicted octanol–water partition coefficient (Wildman–Crippen LogP) is 3.64. The fourth-order valence-electron chi connectivity index (χ4n) is 5.93. The van der Waals surface area contributed by atoms with Gasteiger partial charge in [0.05, 0.1) is 48.4 Å². The minimum absolute atomic E-state index is 0.0963. The van der Waals surface area contributed by atoms with Crippen LogP contribution in [0, 0.1) is 22.0 Å². The van der Waals surface area contributed by atoms with Crippen LogP contribution in [0.5, 0.6) is 11.5 Å². The van der Waals surface area contributed by atoms with Crippen LogP contribution < -0.4 is 24.6 Å². The molecule has 11 heteroatoms. The first-order valence-electron chi connectivity index (χ1n) is 12.5. The van der Waals surface area contributed by atoms with E-state index in [1.165, 1.54) is 38.5 Å². The van der Waals surface area contributed by atoms with Gasteiger partial charge >= 0.3 is 0 Å². The third-order valence-electron chi connectivity index (χ3n) is 7.65. The number of carbonyl (C=O) groups is 3. The third kappa shape index (κ3) is 3.77. The topological polar surface area (TPSA) is 131 Å². The predicted molar refractivity (Wildman–Crippen MR) is 146 cm³/mol. The van der Waals surface area contributed by atoms with E-state index in [4.69, 9.17) is 9.47 Å². The van der Waals surface area contributed by atoms with Crippen LogP contribution in [0.15, 0.2) is 72.8 Å². The van der Waals surface area contributed by atoms with Crippen LogP contribution in [0.25, 0.3) is 6.08 Å². The number of methoxy groups -OCH3 is 2. The highest BCUT2D eigenvalue weighted by Gasteiger charge is 2.64. The number of fused-ring (bicyclic) bond motifs is 5. The van der Waals surface area contributed by atoms with E-state index in [0.717, 1.165) is 16.2 Å². The summed E-state index contributed by atoms with van der Waals surface area (Å²) in [6, 6.07) is 16.2. The summed E-state index contributed by atoms with van der Waals surface area (Å²) >= 11 is 0. The van der Waals surface area contributed by atoms with E-state index >= 15 is 0 Å². The first-order valence-corrected chi connectivity index (χ1v) is 12.5. The Morgan fingerprint density at radius 2 is 1.73 bits per heavy atom. The van der Waals surface area contributed by atoms with Gasteiger partial charge in [-0.2, -0.15) is 0 Å². The van der Waals surface area contributed by atoms with Gasteiger partial charge < -0.3 is 19.7 Å². The molecule has 0 bridgehead atoms. The lowest BCUT2D eigenvalue weighted by atomic mass is 9.88. The maximum Gasteiger partial charge on any atom is 0.271 e. The summed E-state index contributed by atoms with van der Waals surface area (Å²) in [5, 5.41) is 14.3. The molecule has 6 rings (SSSR count). The van der Waals surface area contributed by atoms with Gasteiger partial charge in [-0.15, -0.1) is 0 Å². The molecule has 3 aromatic carbocycles. The lowest BCUT2D eigenvalue weighted by molar-refractivity contribution is -0.384. The van der Waals surface area contributed by atoms with Crippen molar-refractivity contribution in [3.63, 3.8) is 0 Å². The molecule has 3 aliphatic rings. The van der Waals surface area contributed by atoms with Crippen molar-refractivity contribution in [1.82, 2.24) is 0 Å². The maximum atomic E-state index is 14.1. The van der Waals surface area contributed by atoms with Gasteiger partial charge in [-0.25, -0.2) is 4.90 Å². The van der Waals surface area contributed by atoms with Crippen LogP contribution in [-0.2, 0) is 14.4 Å². The van der Waals surface area contributed by atoms with Crippen molar-refractivity contribution in [3.8, 4) is 11.5 Å². The number of hydrogen-bond acceptors (Lipinski definition) is 8. The van der Waals surface area contributed by atoms with Crippen molar-refractivity contribution in [3.05, 3.63) is 88.5 Å². The number of benzene rings is 3. The molecule has 202 valence electrons. The molecule has 3 heterocycles.